The van der Waals surface area contributed by atoms with E-state index in [1.165, 1.54) is 5.39 Å². The summed E-state index contributed by atoms with van der Waals surface area (Å²) in [6.07, 6.45) is 0.769. The van der Waals surface area contributed by atoms with E-state index in [1.807, 2.05) is 30.3 Å². The molecule has 3 rings (SSSR count). The second-order valence-corrected chi connectivity index (χ2v) is 6.14. The van der Waals surface area contributed by atoms with Gasteiger partial charge in [-0.15, -0.1) is 12.4 Å². The van der Waals surface area contributed by atoms with Crippen molar-refractivity contribution in [2.45, 2.75) is 6.42 Å². The molecule has 0 saturated carbocycles. The summed E-state index contributed by atoms with van der Waals surface area (Å²) in [4.78, 5) is 4.47. The Morgan fingerprint density at radius 3 is 2.38 bits per heavy atom. The molecule has 0 aliphatic rings. The van der Waals surface area contributed by atoms with E-state index in [-0.39, 0.29) is 12.4 Å². The first-order chi connectivity index (χ1) is 11.1. The highest BCUT2D eigenvalue weighted by molar-refractivity contribution is 6.42. The van der Waals surface area contributed by atoms with Crippen LogP contribution in [0.2, 0.25) is 10.0 Å². The van der Waals surface area contributed by atoms with Gasteiger partial charge in [-0.1, -0.05) is 65.7 Å². The molecule has 0 bridgehead atoms. The van der Waals surface area contributed by atoms with Crippen LogP contribution in [0.3, 0.4) is 0 Å². The minimum absolute atomic E-state index is 0. The summed E-state index contributed by atoms with van der Waals surface area (Å²) >= 11 is 11.9. The largest absolute Gasteiger partial charge is 0.384 e. The molecule has 0 saturated heterocycles. The molecule has 2 nitrogen and oxygen atoms in total. The summed E-state index contributed by atoms with van der Waals surface area (Å²) in [6.45, 7) is 0.608. The highest BCUT2D eigenvalue weighted by Crippen LogP contribution is 2.22. The SMILES string of the molecule is Cl.NC(=NCCc1ccc(Cl)c(Cl)c1)c1ccc2ccccc2c1. The molecule has 0 spiro atoms. The molecule has 2 N–H and O–H groups in total. The number of hydrogen-bond donors (Lipinski definition) is 1. The van der Waals surface area contributed by atoms with Crippen molar-refractivity contribution in [1.29, 1.82) is 0 Å². The number of rotatable bonds is 4. The number of halogens is 3. The molecule has 5 heteroatoms. The molecule has 0 unspecified atom stereocenters. The third-order valence-electron chi connectivity index (χ3n) is 3.71. The first-order valence-electron chi connectivity index (χ1n) is 7.36. The fourth-order valence-electron chi connectivity index (χ4n) is 2.44. The molecule has 0 radical (unpaired) electrons. The van der Waals surface area contributed by atoms with Crippen molar-refractivity contribution in [1.82, 2.24) is 0 Å². The van der Waals surface area contributed by atoms with Crippen LogP contribution in [0.15, 0.2) is 65.7 Å². The zero-order valence-electron chi connectivity index (χ0n) is 12.9. The van der Waals surface area contributed by atoms with Crippen molar-refractivity contribution in [2.75, 3.05) is 6.54 Å². The van der Waals surface area contributed by atoms with E-state index in [9.17, 15) is 0 Å². The van der Waals surface area contributed by atoms with Crippen molar-refractivity contribution in [2.24, 2.45) is 10.7 Å². The number of benzene rings is 3. The number of fused-ring (bicyclic) bond motifs is 1. The van der Waals surface area contributed by atoms with Crippen LogP contribution < -0.4 is 5.73 Å². The van der Waals surface area contributed by atoms with Crippen LogP contribution in [0.5, 0.6) is 0 Å². The first-order valence-corrected chi connectivity index (χ1v) is 8.12. The number of nitrogens with two attached hydrogens (primary N) is 1. The van der Waals surface area contributed by atoms with Gasteiger partial charge in [0.25, 0.3) is 0 Å². The summed E-state index contributed by atoms with van der Waals surface area (Å²) in [5, 5.41) is 3.48. The third-order valence-corrected chi connectivity index (χ3v) is 4.45. The Hall–Kier alpha value is -1.74. The van der Waals surface area contributed by atoms with Crippen LogP contribution in [0.4, 0.5) is 0 Å². The average Bonchev–Trinajstić information content (AvgIpc) is 2.57. The lowest BCUT2D eigenvalue weighted by Gasteiger charge is -2.05. The molecule has 124 valence electrons. The maximum absolute atomic E-state index is 6.11. The Balaban J connectivity index is 0.00000208. The molecular weight excluding hydrogens is 363 g/mol. The van der Waals surface area contributed by atoms with Gasteiger partial charge in [0.1, 0.15) is 5.84 Å². The van der Waals surface area contributed by atoms with Crippen LogP contribution in [-0.2, 0) is 6.42 Å². The van der Waals surface area contributed by atoms with E-state index < -0.39 is 0 Å². The number of amidine groups is 1. The highest BCUT2D eigenvalue weighted by Gasteiger charge is 2.02. The zero-order valence-corrected chi connectivity index (χ0v) is 15.2. The topological polar surface area (TPSA) is 38.4 Å². The van der Waals surface area contributed by atoms with Crippen molar-refractivity contribution in [3.05, 3.63) is 81.8 Å². The summed E-state index contributed by atoms with van der Waals surface area (Å²) in [5.74, 6) is 0.552. The molecular formula is C19H17Cl3N2. The Labute approximate surface area is 157 Å². The molecule has 0 atom stereocenters. The molecule has 0 aliphatic carbocycles. The van der Waals surface area contributed by atoms with Gasteiger partial charge in [0.2, 0.25) is 0 Å². The van der Waals surface area contributed by atoms with Gasteiger partial charge in [-0.25, -0.2) is 0 Å². The summed E-state index contributed by atoms with van der Waals surface area (Å²) in [6, 6.07) is 19.9. The van der Waals surface area contributed by atoms with E-state index in [4.69, 9.17) is 28.9 Å². The quantitative estimate of drug-likeness (QED) is 0.470. The van der Waals surface area contributed by atoms with E-state index >= 15 is 0 Å². The van der Waals surface area contributed by atoms with Crippen LogP contribution in [0, 0.1) is 0 Å². The van der Waals surface area contributed by atoms with Crippen LogP contribution in [-0.4, -0.2) is 12.4 Å². The first kappa shape index (κ1) is 18.6. The lowest BCUT2D eigenvalue weighted by atomic mass is 10.1. The second kappa shape index (κ2) is 8.39. The van der Waals surface area contributed by atoms with Crippen molar-refractivity contribution in [3.63, 3.8) is 0 Å². The fourth-order valence-corrected chi connectivity index (χ4v) is 2.76. The number of hydrogen-bond acceptors (Lipinski definition) is 1. The predicted molar refractivity (Wildman–Crippen MR) is 107 cm³/mol. The van der Waals surface area contributed by atoms with Gasteiger partial charge in [-0.05, 0) is 41.0 Å². The third kappa shape index (κ3) is 4.41. The van der Waals surface area contributed by atoms with E-state index in [0.717, 1.165) is 22.9 Å². The van der Waals surface area contributed by atoms with Crippen LogP contribution in [0.25, 0.3) is 10.8 Å². The maximum Gasteiger partial charge on any atom is 0.125 e. The van der Waals surface area contributed by atoms with Crippen molar-refractivity contribution in [3.8, 4) is 0 Å². The average molecular weight is 380 g/mol. The minimum Gasteiger partial charge on any atom is -0.384 e. The lowest BCUT2D eigenvalue weighted by Crippen LogP contribution is -2.14. The van der Waals surface area contributed by atoms with Crippen LogP contribution in [0.1, 0.15) is 11.1 Å². The highest BCUT2D eigenvalue weighted by atomic mass is 35.5. The van der Waals surface area contributed by atoms with Crippen LogP contribution >= 0.6 is 35.6 Å². The molecule has 0 aliphatic heterocycles. The van der Waals surface area contributed by atoms with Gasteiger partial charge >= 0.3 is 0 Å². The Kier molecular flexibility index (Phi) is 6.50. The van der Waals surface area contributed by atoms with Crippen molar-refractivity contribution >= 4 is 52.2 Å². The summed E-state index contributed by atoms with van der Waals surface area (Å²) in [7, 11) is 0. The zero-order chi connectivity index (χ0) is 16.2. The molecule has 3 aromatic carbocycles. The summed E-state index contributed by atoms with van der Waals surface area (Å²) < 4.78 is 0. The number of aliphatic imine (C=N–C) groups is 1. The fraction of sp³-hybridized carbons (Fsp3) is 0.105. The molecule has 0 fully saturated rings. The van der Waals surface area contributed by atoms with E-state index in [2.05, 4.69) is 29.3 Å². The Bertz CT molecular complexity index is 875. The van der Waals surface area contributed by atoms with Crippen molar-refractivity contribution < 1.29 is 0 Å². The van der Waals surface area contributed by atoms with Gasteiger partial charge < -0.3 is 5.73 Å². The molecule has 0 amide bonds. The number of nitrogens with zero attached hydrogens (tertiary/aromatic N) is 1. The smallest absolute Gasteiger partial charge is 0.125 e. The van der Waals surface area contributed by atoms with Gasteiger partial charge in [-0.2, -0.15) is 0 Å². The van der Waals surface area contributed by atoms with Gasteiger partial charge in [0.05, 0.1) is 10.0 Å². The Morgan fingerprint density at radius 1 is 0.875 bits per heavy atom. The molecule has 24 heavy (non-hydrogen) atoms. The lowest BCUT2D eigenvalue weighted by molar-refractivity contribution is 0.966. The Morgan fingerprint density at radius 2 is 1.62 bits per heavy atom. The monoisotopic (exact) mass is 378 g/mol. The maximum atomic E-state index is 6.11. The molecule has 3 aromatic rings. The van der Waals surface area contributed by atoms with Gasteiger partial charge in [0, 0.05) is 12.1 Å². The second-order valence-electron chi connectivity index (χ2n) is 5.33. The normalized spacial score (nSPS) is 11.3. The van der Waals surface area contributed by atoms with Gasteiger partial charge in [0.15, 0.2) is 0 Å². The molecule has 0 aromatic heterocycles. The minimum atomic E-state index is 0. The van der Waals surface area contributed by atoms with E-state index in [0.29, 0.717) is 22.4 Å². The van der Waals surface area contributed by atoms with Gasteiger partial charge in [-0.3, -0.25) is 4.99 Å². The standard InChI is InChI=1S/C19H16Cl2N2.ClH/c20-17-8-5-13(11-18(17)21)9-10-23-19(22)16-7-6-14-3-1-2-4-15(14)12-16;/h1-8,11-12H,9-10H2,(H2,22,23);1H. The predicted octanol–water partition coefficient (Wildman–Crippen LogP) is 5.52. The van der Waals surface area contributed by atoms with E-state index in [1.54, 1.807) is 6.07 Å². The summed E-state index contributed by atoms with van der Waals surface area (Å²) in [5.41, 5.74) is 8.14. The molecule has 0 heterocycles.